The average molecular weight is 198 g/mol. The molecule has 2 aliphatic rings. The van der Waals surface area contributed by atoms with Crippen LogP contribution in [-0.2, 0) is 4.79 Å². The highest BCUT2D eigenvalue weighted by Gasteiger charge is 2.51. The topological polar surface area (TPSA) is 60.9 Å². The molecule has 0 saturated carbocycles. The number of hydrogen-bond donors (Lipinski definition) is 1. The number of ketones is 1. The molecule has 0 radical (unpaired) electrons. The summed E-state index contributed by atoms with van der Waals surface area (Å²) in [7, 11) is 0. The molecule has 2 aliphatic heterocycles. The van der Waals surface area contributed by atoms with Crippen LogP contribution in [-0.4, -0.2) is 45.1 Å². The van der Waals surface area contributed by atoms with Gasteiger partial charge in [-0.05, 0) is 20.3 Å². The van der Waals surface area contributed by atoms with Gasteiger partial charge in [0.1, 0.15) is 0 Å². The Morgan fingerprint density at radius 3 is 2.71 bits per heavy atom. The maximum atomic E-state index is 11.3. The molecule has 0 aliphatic carbocycles. The van der Waals surface area contributed by atoms with E-state index in [9.17, 15) is 9.59 Å². The van der Waals surface area contributed by atoms with E-state index in [0.717, 1.165) is 6.42 Å². The highest BCUT2D eigenvalue weighted by Crippen LogP contribution is 2.38. The molecule has 2 unspecified atom stereocenters. The predicted octanol–water partition coefficient (Wildman–Crippen LogP) is 0.707. The Bertz CT molecular complexity index is 300. The van der Waals surface area contributed by atoms with E-state index < -0.39 is 6.09 Å². The number of Topliss-reactive ketones (excluding diaryl/α,β-unsaturated/α-hetero) is 1. The Labute approximate surface area is 82.3 Å². The third-order valence-electron chi connectivity index (χ3n) is 3.03. The van der Waals surface area contributed by atoms with Crippen LogP contribution < -0.4 is 0 Å². The summed E-state index contributed by atoms with van der Waals surface area (Å²) in [6.07, 6.45) is 0.158. The molecule has 2 heterocycles. The standard InChI is InChI=1S/C9H14N2O3/c1-9(2)4-6-3-7(12)5-10(9)11(6)8(13)14/h6H,3-5H2,1-2H3,(H,13,14). The Kier molecular flexibility index (Phi) is 1.82. The number of nitrogens with zero attached hydrogens (tertiary/aromatic N) is 2. The highest BCUT2D eigenvalue weighted by molar-refractivity contribution is 5.84. The van der Waals surface area contributed by atoms with Crippen LogP contribution in [0.4, 0.5) is 4.79 Å². The predicted molar refractivity (Wildman–Crippen MR) is 48.7 cm³/mol. The van der Waals surface area contributed by atoms with Gasteiger partial charge in [-0.25, -0.2) is 14.8 Å². The number of carboxylic acid groups (broad SMARTS) is 1. The second kappa shape index (κ2) is 2.70. The Hall–Kier alpha value is -1.10. The van der Waals surface area contributed by atoms with E-state index in [2.05, 4.69) is 0 Å². The third-order valence-corrected chi connectivity index (χ3v) is 3.03. The van der Waals surface area contributed by atoms with Crippen molar-refractivity contribution in [1.82, 2.24) is 10.0 Å². The summed E-state index contributed by atoms with van der Waals surface area (Å²) in [5.41, 5.74) is -0.213. The number of rotatable bonds is 0. The van der Waals surface area contributed by atoms with Crippen molar-refractivity contribution in [2.24, 2.45) is 0 Å². The minimum atomic E-state index is -0.951. The van der Waals surface area contributed by atoms with E-state index in [1.807, 2.05) is 13.8 Å². The summed E-state index contributed by atoms with van der Waals surface area (Å²) >= 11 is 0. The fourth-order valence-electron chi connectivity index (χ4n) is 2.46. The molecule has 78 valence electrons. The lowest BCUT2D eigenvalue weighted by molar-refractivity contribution is -0.134. The summed E-state index contributed by atoms with van der Waals surface area (Å²) in [4.78, 5) is 22.3. The number of carbonyl (C=O) groups is 2. The lowest BCUT2D eigenvalue weighted by atomic mass is 9.98. The lowest BCUT2D eigenvalue weighted by Crippen LogP contribution is -2.55. The van der Waals surface area contributed by atoms with Crippen LogP contribution in [0.1, 0.15) is 26.7 Å². The van der Waals surface area contributed by atoms with Crippen molar-refractivity contribution < 1.29 is 14.7 Å². The van der Waals surface area contributed by atoms with Gasteiger partial charge in [0.25, 0.3) is 0 Å². The first-order chi connectivity index (χ1) is 6.42. The number of fused-ring (bicyclic) bond motifs is 2. The van der Waals surface area contributed by atoms with Gasteiger partial charge in [0, 0.05) is 12.0 Å². The molecule has 1 amide bonds. The van der Waals surface area contributed by atoms with Crippen LogP contribution in [0.15, 0.2) is 0 Å². The quantitative estimate of drug-likeness (QED) is 0.622. The molecule has 2 saturated heterocycles. The van der Waals surface area contributed by atoms with Crippen molar-refractivity contribution in [3.8, 4) is 0 Å². The Balaban J connectivity index is 2.32. The molecule has 0 aromatic carbocycles. The molecular weight excluding hydrogens is 184 g/mol. The smallest absolute Gasteiger partial charge is 0.422 e. The van der Waals surface area contributed by atoms with Crippen LogP contribution in [0.25, 0.3) is 0 Å². The zero-order chi connectivity index (χ0) is 10.5. The van der Waals surface area contributed by atoms with Crippen molar-refractivity contribution in [3.63, 3.8) is 0 Å². The SMILES string of the molecule is CC1(C)CC2CC(=O)CN1N2C(=O)O. The van der Waals surface area contributed by atoms with E-state index >= 15 is 0 Å². The molecule has 14 heavy (non-hydrogen) atoms. The fourth-order valence-corrected chi connectivity index (χ4v) is 2.46. The maximum absolute atomic E-state index is 11.3. The Morgan fingerprint density at radius 2 is 2.21 bits per heavy atom. The average Bonchev–Trinajstić information content (AvgIpc) is 2.16. The van der Waals surface area contributed by atoms with Crippen molar-refractivity contribution in [3.05, 3.63) is 0 Å². The summed E-state index contributed by atoms with van der Waals surface area (Å²) < 4.78 is 0. The maximum Gasteiger partial charge on any atom is 0.422 e. The summed E-state index contributed by atoms with van der Waals surface area (Å²) in [6, 6.07) is -0.149. The van der Waals surface area contributed by atoms with Gasteiger partial charge in [0.05, 0.1) is 12.6 Å². The normalized spacial score (nSPS) is 34.7. The molecule has 2 fully saturated rings. The van der Waals surface area contributed by atoms with Crippen molar-refractivity contribution in [2.45, 2.75) is 38.3 Å². The highest BCUT2D eigenvalue weighted by atomic mass is 16.4. The van der Waals surface area contributed by atoms with E-state index in [4.69, 9.17) is 5.11 Å². The number of amides is 1. The zero-order valence-corrected chi connectivity index (χ0v) is 8.36. The summed E-state index contributed by atoms with van der Waals surface area (Å²) in [5.74, 6) is 0.137. The monoisotopic (exact) mass is 198 g/mol. The van der Waals surface area contributed by atoms with Gasteiger partial charge in [-0.15, -0.1) is 0 Å². The minimum absolute atomic E-state index is 0.137. The Morgan fingerprint density at radius 1 is 1.57 bits per heavy atom. The first-order valence-electron chi connectivity index (χ1n) is 4.73. The molecule has 2 atom stereocenters. The molecule has 2 bridgehead atoms. The molecule has 5 nitrogen and oxygen atoms in total. The molecule has 2 rings (SSSR count). The van der Waals surface area contributed by atoms with Crippen LogP contribution in [0, 0.1) is 0 Å². The minimum Gasteiger partial charge on any atom is -0.464 e. The first kappa shape index (κ1) is 9.45. The zero-order valence-electron chi connectivity index (χ0n) is 8.36. The molecule has 0 aromatic rings. The van der Waals surface area contributed by atoms with Gasteiger partial charge in [-0.2, -0.15) is 0 Å². The molecule has 5 heteroatoms. The van der Waals surface area contributed by atoms with Crippen molar-refractivity contribution >= 4 is 11.9 Å². The van der Waals surface area contributed by atoms with Gasteiger partial charge in [-0.1, -0.05) is 0 Å². The number of hydrogen-bond acceptors (Lipinski definition) is 3. The lowest BCUT2D eigenvalue weighted by Gasteiger charge is -2.38. The van der Waals surface area contributed by atoms with Crippen LogP contribution in [0.5, 0.6) is 0 Å². The second-order valence-electron chi connectivity index (χ2n) is 4.60. The van der Waals surface area contributed by atoms with Gasteiger partial charge >= 0.3 is 6.09 Å². The summed E-state index contributed by atoms with van der Waals surface area (Å²) in [6.45, 7) is 4.18. The van der Waals surface area contributed by atoms with Gasteiger partial charge in [-0.3, -0.25) is 4.79 Å². The number of carbonyl (C=O) groups excluding carboxylic acids is 1. The van der Waals surface area contributed by atoms with Crippen LogP contribution >= 0.6 is 0 Å². The van der Waals surface area contributed by atoms with E-state index in [0.29, 0.717) is 6.42 Å². The van der Waals surface area contributed by atoms with Gasteiger partial charge < -0.3 is 5.11 Å². The molecule has 0 spiro atoms. The van der Waals surface area contributed by atoms with Gasteiger partial charge in [0.15, 0.2) is 5.78 Å². The van der Waals surface area contributed by atoms with Crippen LogP contribution in [0.2, 0.25) is 0 Å². The van der Waals surface area contributed by atoms with E-state index in [-0.39, 0.29) is 23.9 Å². The van der Waals surface area contributed by atoms with Gasteiger partial charge in [0.2, 0.25) is 0 Å². The summed E-state index contributed by atoms with van der Waals surface area (Å²) in [5, 5.41) is 12.0. The second-order valence-corrected chi connectivity index (χ2v) is 4.60. The van der Waals surface area contributed by atoms with E-state index in [1.54, 1.807) is 5.01 Å². The first-order valence-corrected chi connectivity index (χ1v) is 4.73. The van der Waals surface area contributed by atoms with Crippen molar-refractivity contribution in [1.29, 1.82) is 0 Å². The fraction of sp³-hybridized carbons (Fsp3) is 0.778. The number of hydrazine groups is 1. The molecule has 1 N–H and O–H groups in total. The molecule has 0 aromatic heterocycles. The van der Waals surface area contributed by atoms with Crippen molar-refractivity contribution in [2.75, 3.05) is 6.54 Å². The largest absolute Gasteiger partial charge is 0.464 e. The van der Waals surface area contributed by atoms with Crippen LogP contribution in [0.3, 0.4) is 0 Å². The van der Waals surface area contributed by atoms with E-state index in [1.165, 1.54) is 5.01 Å². The third kappa shape index (κ3) is 1.19. The molecular formula is C9H14N2O3.